The molecule has 0 aliphatic heterocycles. The molecule has 0 radical (unpaired) electrons. The van der Waals surface area contributed by atoms with E-state index in [2.05, 4.69) is 10.5 Å². The highest BCUT2D eigenvalue weighted by atomic mass is 16.5. The largest absolute Gasteiger partial charge is 0.360 e. The molecule has 20 heavy (non-hydrogen) atoms. The number of hydrogen-bond donors (Lipinski definition) is 1. The van der Waals surface area contributed by atoms with Crippen LogP contribution in [0.25, 0.3) is 0 Å². The first-order valence-corrected chi connectivity index (χ1v) is 6.52. The Labute approximate surface area is 118 Å². The average molecular weight is 282 g/mol. The number of carbonyl (C=O) groups is 2. The van der Waals surface area contributed by atoms with E-state index in [0.717, 1.165) is 13.0 Å². The number of anilines is 1. The summed E-state index contributed by atoms with van der Waals surface area (Å²) in [5, 5.41) is 6.28. The molecule has 112 valence electrons. The summed E-state index contributed by atoms with van der Waals surface area (Å²) in [6.45, 7) is 4.65. The minimum absolute atomic E-state index is 0.0225. The van der Waals surface area contributed by atoms with Gasteiger partial charge in [0.2, 0.25) is 11.8 Å². The third-order valence-electron chi connectivity index (χ3n) is 2.71. The maximum Gasteiger partial charge on any atom is 0.245 e. The molecule has 7 nitrogen and oxygen atoms in total. The molecular formula is C13H22N4O3. The van der Waals surface area contributed by atoms with E-state index in [4.69, 9.17) is 4.52 Å². The molecule has 0 saturated carbocycles. The van der Waals surface area contributed by atoms with E-state index in [9.17, 15) is 9.59 Å². The highest BCUT2D eigenvalue weighted by Gasteiger charge is 2.14. The highest BCUT2D eigenvalue weighted by Crippen LogP contribution is 2.07. The normalized spacial score (nSPS) is 10.7. The van der Waals surface area contributed by atoms with E-state index in [-0.39, 0.29) is 18.4 Å². The average Bonchev–Trinajstić information content (AvgIpc) is 2.72. The van der Waals surface area contributed by atoms with Crippen LogP contribution in [0.15, 0.2) is 10.6 Å². The first kappa shape index (κ1) is 16.2. The predicted molar refractivity (Wildman–Crippen MR) is 75.3 cm³/mol. The number of rotatable bonds is 7. The number of amides is 2. The molecule has 1 rings (SSSR count). The van der Waals surface area contributed by atoms with Crippen molar-refractivity contribution in [3.63, 3.8) is 0 Å². The van der Waals surface area contributed by atoms with Gasteiger partial charge in [0.15, 0.2) is 5.82 Å². The van der Waals surface area contributed by atoms with Gasteiger partial charge in [0.25, 0.3) is 0 Å². The Bertz CT molecular complexity index is 456. The van der Waals surface area contributed by atoms with Gasteiger partial charge in [-0.25, -0.2) is 0 Å². The Morgan fingerprint density at radius 3 is 2.55 bits per heavy atom. The molecule has 1 aromatic rings. The molecule has 1 aromatic heterocycles. The smallest absolute Gasteiger partial charge is 0.245 e. The molecule has 0 aliphatic rings. The van der Waals surface area contributed by atoms with Gasteiger partial charge in [-0.2, -0.15) is 0 Å². The number of aryl methyl sites for hydroxylation is 1. The van der Waals surface area contributed by atoms with Gasteiger partial charge < -0.3 is 19.6 Å². The van der Waals surface area contributed by atoms with Crippen molar-refractivity contribution in [3.8, 4) is 0 Å². The Balaban J connectivity index is 2.44. The molecule has 0 spiro atoms. The number of nitrogens with zero attached hydrogens (tertiary/aromatic N) is 3. The summed E-state index contributed by atoms with van der Waals surface area (Å²) in [5.74, 6) is 0.590. The summed E-state index contributed by atoms with van der Waals surface area (Å²) >= 11 is 0. The van der Waals surface area contributed by atoms with E-state index < -0.39 is 0 Å². The van der Waals surface area contributed by atoms with Crippen LogP contribution in [0.1, 0.15) is 19.1 Å². The van der Waals surface area contributed by atoms with Gasteiger partial charge in [-0.15, -0.1) is 0 Å². The van der Waals surface area contributed by atoms with Crippen LogP contribution in [0, 0.1) is 6.92 Å². The Hall–Kier alpha value is -1.89. The van der Waals surface area contributed by atoms with Crippen molar-refractivity contribution in [1.82, 2.24) is 15.0 Å². The minimum atomic E-state index is -0.279. The zero-order chi connectivity index (χ0) is 15.1. The third kappa shape index (κ3) is 5.83. The van der Waals surface area contributed by atoms with Crippen molar-refractivity contribution < 1.29 is 14.1 Å². The second kappa shape index (κ2) is 7.64. The van der Waals surface area contributed by atoms with E-state index in [1.54, 1.807) is 13.0 Å². The predicted octanol–water partition coefficient (Wildman–Crippen LogP) is 0.722. The lowest BCUT2D eigenvalue weighted by Crippen LogP contribution is -2.38. The third-order valence-corrected chi connectivity index (χ3v) is 2.71. The SMILES string of the molecule is CC(=O)N(CCCN(C)C)CC(=O)Nc1cc(C)on1. The quantitative estimate of drug-likeness (QED) is 0.797. The molecule has 0 unspecified atom stereocenters. The van der Waals surface area contributed by atoms with E-state index in [1.807, 2.05) is 19.0 Å². The number of carbonyl (C=O) groups excluding carboxylic acids is 2. The lowest BCUT2D eigenvalue weighted by atomic mass is 10.3. The maximum absolute atomic E-state index is 11.8. The molecule has 0 saturated heterocycles. The summed E-state index contributed by atoms with van der Waals surface area (Å²) in [4.78, 5) is 26.9. The number of hydrogen-bond acceptors (Lipinski definition) is 5. The zero-order valence-electron chi connectivity index (χ0n) is 12.5. The minimum Gasteiger partial charge on any atom is -0.360 e. The summed E-state index contributed by atoms with van der Waals surface area (Å²) in [6.07, 6.45) is 0.822. The van der Waals surface area contributed by atoms with Crippen LogP contribution in [0.4, 0.5) is 5.82 Å². The summed E-state index contributed by atoms with van der Waals surface area (Å²) in [5.41, 5.74) is 0. The van der Waals surface area contributed by atoms with Crippen LogP contribution >= 0.6 is 0 Å². The van der Waals surface area contributed by atoms with E-state index >= 15 is 0 Å². The molecule has 0 aromatic carbocycles. The van der Waals surface area contributed by atoms with Gasteiger partial charge >= 0.3 is 0 Å². The lowest BCUT2D eigenvalue weighted by Gasteiger charge is -2.21. The monoisotopic (exact) mass is 282 g/mol. The van der Waals surface area contributed by atoms with Crippen LogP contribution < -0.4 is 5.32 Å². The van der Waals surface area contributed by atoms with Gasteiger partial charge in [-0.1, -0.05) is 5.16 Å². The summed E-state index contributed by atoms with van der Waals surface area (Å²) in [7, 11) is 3.94. The van der Waals surface area contributed by atoms with Crippen LogP contribution in [0.5, 0.6) is 0 Å². The van der Waals surface area contributed by atoms with Crippen molar-refractivity contribution in [2.45, 2.75) is 20.3 Å². The Morgan fingerprint density at radius 2 is 2.05 bits per heavy atom. The van der Waals surface area contributed by atoms with E-state index in [0.29, 0.717) is 18.1 Å². The van der Waals surface area contributed by atoms with Crippen molar-refractivity contribution >= 4 is 17.6 Å². The second-order valence-corrected chi connectivity index (χ2v) is 4.97. The highest BCUT2D eigenvalue weighted by molar-refractivity contribution is 5.93. The molecular weight excluding hydrogens is 260 g/mol. The molecule has 0 bridgehead atoms. The van der Waals surface area contributed by atoms with Crippen LogP contribution in [0.2, 0.25) is 0 Å². The first-order chi connectivity index (χ1) is 9.38. The molecule has 1 heterocycles. The topological polar surface area (TPSA) is 78.7 Å². The molecule has 7 heteroatoms. The first-order valence-electron chi connectivity index (χ1n) is 6.52. The van der Waals surface area contributed by atoms with Crippen LogP contribution in [-0.4, -0.2) is 60.5 Å². The molecule has 1 N–H and O–H groups in total. The van der Waals surface area contributed by atoms with Gasteiger partial charge in [0, 0.05) is 19.5 Å². The van der Waals surface area contributed by atoms with Gasteiger partial charge in [-0.05, 0) is 34.0 Å². The molecule has 0 fully saturated rings. The van der Waals surface area contributed by atoms with Gasteiger partial charge in [0.05, 0.1) is 6.54 Å². The van der Waals surface area contributed by atoms with E-state index in [1.165, 1.54) is 11.8 Å². The fourth-order valence-electron chi connectivity index (χ4n) is 1.71. The molecule has 0 atom stereocenters. The summed E-state index contributed by atoms with van der Waals surface area (Å²) in [6, 6.07) is 1.63. The number of aromatic nitrogens is 1. The van der Waals surface area contributed by atoms with Gasteiger partial charge in [-0.3, -0.25) is 9.59 Å². The van der Waals surface area contributed by atoms with Crippen molar-refractivity contribution in [1.29, 1.82) is 0 Å². The maximum atomic E-state index is 11.8. The Morgan fingerprint density at radius 1 is 1.35 bits per heavy atom. The lowest BCUT2D eigenvalue weighted by molar-refractivity contribution is -0.132. The summed E-state index contributed by atoms with van der Waals surface area (Å²) < 4.78 is 4.86. The van der Waals surface area contributed by atoms with Crippen LogP contribution in [-0.2, 0) is 9.59 Å². The fourth-order valence-corrected chi connectivity index (χ4v) is 1.71. The van der Waals surface area contributed by atoms with Crippen molar-refractivity contribution in [2.24, 2.45) is 0 Å². The fraction of sp³-hybridized carbons (Fsp3) is 0.615. The molecule has 2 amide bonds. The number of nitrogens with one attached hydrogen (secondary N) is 1. The zero-order valence-corrected chi connectivity index (χ0v) is 12.5. The Kier molecular flexibility index (Phi) is 6.17. The second-order valence-electron chi connectivity index (χ2n) is 4.97. The van der Waals surface area contributed by atoms with Crippen molar-refractivity contribution in [3.05, 3.63) is 11.8 Å². The van der Waals surface area contributed by atoms with Gasteiger partial charge in [0.1, 0.15) is 5.76 Å². The standard InChI is InChI=1S/C13H22N4O3/c1-10-8-12(15-20-10)14-13(19)9-17(11(2)18)7-5-6-16(3)4/h8H,5-7,9H2,1-4H3,(H,14,15,19). The van der Waals surface area contributed by atoms with Crippen LogP contribution in [0.3, 0.4) is 0 Å². The molecule has 0 aliphatic carbocycles. The van der Waals surface area contributed by atoms with Crippen molar-refractivity contribution in [2.75, 3.05) is 39.0 Å².